The number of Topliss-reactive ketones (excluding diaryl/α,β-unsaturated/α-hetero) is 1. The van der Waals surface area contributed by atoms with Crippen molar-refractivity contribution in [2.45, 2.75) is 72.4 Å². The van der Waals surface area contributed by atoms with Crippen molar-refractivity contribution in [1.29, 1.82) is 0 Å². The summed E-state index contributed by atoms with van der Waals surface area (Å²) in [7, 11) is 0. The van der Waals surface area contributed by atoms with Crippen LogP contribution in [0.4, 0.5) is 0 Å². The largest absolute Gasteiger partial charge is 0.481 e. The van der Waals surface area contributed by atoms with Gasteiger partial charge in [-0.25, -0.2) is 0 Å². The van der Waals surface area contributed by atoms with Gasteiger partial charge < -0.3 is 14.9 Å². The van der Waals surface area contributed by atoms with E-state index in [9.17, 15) is 24.6 Å². The number of hydrogen-bond donors (Lipinski definition) is 2. The van der Waals surface area contributed by atoms with Crippen molar-refractivity contribution in [3.63, 3.8) is 0 Å². The molecule has 0 spiro atoms. The number of ether oxygens (including phenoxy) is 1. The number of hydrogen-bond acceptors (Lipinski definition) is 9. The van der Waals surface area contributed by atoms with Crippen LogP contribution in [0.15, 0.2) is 0 Å². The summed E-state index contributed by atoms with van der Waals surface area (Å²) >= 11 is 0. The summed E-state index contributed by atoms with van der Waals surface area (Å²) in [6, 6.07) is 0.0744. The lowest BCUT2D eigenvalue weighted by Gasteiger charge is -2.36. The van der Waals surface area contributed by atoms with Gasteiger partial charge in [0.15, 0.2) is 0 Å². The molecule has 0 amide bonds. The van der Waals surface area contributed by atoms with Crippen molar-refractivity contribution in [1.82, 2.24) is 19.6 Å². The van der Waals surface area contributed by atoms with Gasteiger partial charge in [-0.1, -0.05) is 27.7 Å². The lowest BCUT2D eigenvalue weighted by Crippen LogP contribution is -2.50. The highest BCUT2D eigenvalue weighted by molar-refractivity contribution is 5.80. The van der Waals surface area contributed by atoms with Crippen LogP contribution in [0.5, 0.6) is 0 Å². The molecule has 0 aliphatic carbocycles. The summed E-state index contributed by atoms with van der Waals surface area (Å²) in [6.45, 7) is 16.9. The number of aliphatic carboxylic acids is 1. The van der Waals surface area contributed by atoms with E-state index in [1.54, 1.807) is 0 Å². The monoisotopic (exact) mass is 528 g/mol. The maximum Gasteiger partial charge on any atom is 0.320 e. The van der Waals surface area contributed by atoms with Crippen LogP contribution in [0, 0.1) is 5.92 Å². The molecular formula is C27H52N4O6. The molecule has 216 valence electrons. The minimum atomic E-state index is -0.801. The highest BCUT2D eigenvalue weighted by atomic mass is 16.5. The Balaban J connectivity index is 3.04. The molecule has 1 rings (SSSR count). The van der Waals surface area contributed by atoms with Gasteiger partial charge in [-0.3, -0.25) is 34.0 Å². The van der Waals surface area contributed by atoms with E-state index in [1.165, 1.54) is 0 Å². The lowest BCUT2D eigenvalue weighted by molar-refractivity contribution is -0.146. The van der Waals surface area contributed by atoms with E-state index in [0.29, 0.717) is 71.7 Å². The second kappa shape index (κ2) is 18.6. The molecule has 1 aliphatic rings. The van der Waals surface area contributed by atoms with Crippen LogP contribution in [0.25, 0.3) is 0 Å². The summed E-state index contributed by atoms with van der Waals surface area (Å²) in [6.07, 6.45) is 1.42. The van der Waals surface area contributed by atoms with Gasteiger partial charge in [-0.05, 0) is 25.7 Å². The van der Waals surface area contributed by atoms with E-state index < -0.39 is 12.1 Å². The molecule has 1 aliphatic heterocycles. The molecule has 0 aromatic carbocycles. The van der Waals surface area contributed by atoms with Crippen LogP contribution < -0.4 is 0 Å². The van der Waals surface area contributed by atoms with Crippen molar-refractivity contribution in [3.05, 3.63) is 0 Å². The maximum absolute atomic E-state index is 12.5. The Hall–Kier alpha value is -1.59. The number of esters is 1. The first-order chi connectivity index (χ1) is 17.5. The molecule has 10 nitrogen and oxygen atoms in total. The Morgan fingerprint density at radius 3 is 1.92 bits per heavy atom. The van der Waals surface area contributed by atoms with Crippen LogP contribution in [-0.2, 0) is 19.1 Å². The van der Waals surface area contributed by atoms with Crippen LogP contribution in [0.2, 0.25) is 0 Å². The number of carbonyl (C=O) groups excluding carboxylic acids is 2. The summed E-state index contributed by atoms with van der Waals surface area (Å²) in [5.41, 5.74) is 0. The van der Waals surface area contributed by atoms with Crippen molar-refractivity contribution in [2.24, 2.45) is 5.92 Å². The van der Waals surface area contributed by atoms with Crippen LogP contribution in [0.1, 0.15) is 60.3 Å². The number of carbonyl (C=O) groups is 3. The molecule has 0 radical (unpaired) electrons. The topological polar surface area (TPSA) is 114 Å². The SMILES string of the molecule is CCC(=O)CN1CCN(CC(=O)OCC(C)C)CCN(C(C)CCC(=O)O)CCN(CC(O)CC)CC1. The molecule has 2 unspecified atom stereocenters. The van der Waals surface area contributed by atoms with Crippen molar-refractivity contribution < 1.29 is 29.3 Å². The number of carboxylic acids is 1. The summed E-state index contributed by atoms with van der Waals surface area (Å²) in [4.78, 5) is 44.7. The second-order valence-corrected chi connectivity index (χ2v) is 10.7. The van der Waals surface area contributed by atoms with E-state index in [0.717, 1.165) is 19.6 Å². The molecular weight excluding hydrogens is 476 g/mol. The van der Waals surface area contributed by atoms with Crippen LogP contribution in [-0.4, -0.2) is 138 Å². The van der Waals surface area contributed by atoms with Crippen LogP contribution >= 0.6 is 0 Å². The molecule has 1 heterocycles. The van der Waals surface area contributed by atoms with Gasteiger partial charge in [0.1, 0.15) is 5.78 Å². The standard InChI is InChI=1S/C27H52N4O6/c1-6-24(32)18-28-10-11-29(19-25(33)7-2)14-16-31(23(5)8-9-26(34)35)17-15-30(13-12-28)20-27(36)37-21-22(3)4/h22-23,25,33H,6-21H2,1-5H3,(H,34,35). The third-order valence-electron chi connectivity index (χ3n) is 6.94. The number of β-amino-alcohol motifs (C(OH)–C–C–N with tert-alkyl or cyclic N) is 1. The predicted molar refractivity (Wildman–Crippen MR) is 145 cm³/mol. The van der Waals surface area contributed by atoms with Crippen molar-refractivity contribution >= 4 is 17.7 Å². The zero-order chi connectivity index (χ0) is 27.8. The fraction of sp³-hybridized carbons (Fsp3) is 0.889. The number of rotatable bonds is 14. The first-order valence-corrected chi connectivity index (χ1v) is 14.0. The van der Waals surface area contributed by atoms with E-state index in [-0.39, 0.29) is 36.7 Å². The number of aliphatic hydroxyl groups excluding tert-OH is 1. The molecule has 0 aromatic heterocycles. The highest BCUT2D eigenvalue weighted by Crippen LogP contribution is 2.10. The van der Waals surface area contributed by atoms with E-state index in [2.05, 4.69) is 26.5 Å². The van der Waals surface area contributed by atoms with Gasteiger partial charge in [0.05, 0.1) is 25.8 Å². The average molecular weight is 529 g/mol. The normalized spacial score (nSPS) is 19.6. The Labute approximate surface area is 223 Å². The number of aliphatic hydroxyl groups is 1. The van der Waals surface area contributed by atoms with Gasteiger partial charge in [-0.15, -0.1) is 0 Å². The molecule has 2 atom stereocenters. The van der Waals surface area contributed by atoms with Gasteiger partial charge in [-0.2, -0.15) is 0 Å². The van der Waals surface area contributed by atoms with Crippen molar-refractivity contribution in [3.8, 4) is 0 Å². The van der Waals surface area contributed by atoms with Gasteiger partial charge in [0.2, 0.25) is 0 Å². The molecule has 0 bridgehead atoms. The number of nitrogens with zero attached hydrogens (tertiary/aromatic N) is 4. The van der Waals surface area contributed by atoms with Gasteiger partial charge in [0, 0.05) is 77.8 Å². The molecule has 10 heteroatoms. The van der Waals surface area contributed by atoms with E-state index in [4.69, 9.17) is 4.74 Å². The third kappa shape index (κ3) is 15.4. The minimum Gasteiger partial charge on any atom is -0.481 e. The first kappa shape index (κ1) is 33.4. The fourth-order valence-corrected chi connectivity index (χ4v) is 4.28. The third-order valence-corrected chi connectivity index (χ3v) is 6.94. The zero-order valence-corrected chi connectivity index (χ0v) is 23.9. The van der Waals surface area contributed by atoms with Crippen LogP contribution in [0.3, 0.4) is 0 Å². The molecule has 0 saturated carbocycles. The molecule has 1 saturated heterocycles. The molecule has 37 heavy (non-hydrogen) atoms. The summed E-state index contributed by atoms with van der Waals surface area (Å²) < 4.78 is 5.43. The second-order valence-electron chi connectivity index (χ2n) is 10.7. The number of ketones is 1. The van der Waals surface area contributed by atoms with Crippen molar-refractivity contribution in [2.75, 3.05) is 78.6 Å². The minimum absolute atomic E-state index is 0.0744. The van der Waals surface area contributed by atoms with E-state index >= 15 is 0 Å². The number of carboxylic acid groups (broad SMARTS) is 1. The Bertz CT molecular complexity index is 677. The fourth-order valence-electron chi connectivity index (χ4n) is 4.28. The van der Waals surface area contributed by atoms with Gasteiger partial charge >= 0.3 is 11.9 Å². The first-order valence-electron chi connectivity index (χ1n) is 14.0. The summed E-state index contributed by atoms with van der Waals surface area (Å²) in [5, 5.41) is 19.5. The predicted octanol–water partition coefficient (Wildman–Crippen LogP) is 1.41. The summed E-state index contributed by atoms with van der Waals surface area (Å²) in [5.74, 6) is -0.591. The Kier molecular flexibility index (Phi) is 16.8. The average Bonchev–Trinajstić information content (AvgIpc) is 2.85. The molecule has 0 aromatic rings. The van der Waals surface area contributed by atoms with Gasteiger partial charge in [0.25, 0.3) is 0 Å². The zero-order valence-electron chi connectivity index (χ0n) is 23.9. The van der Waals surface area contributed by atoms with E-state index in [1.807, 2.05) is 27.7 Å². The highest BCUT2D eigenvalue weighted by Gasteiger charge is 2.22. The molecule has 2 N–H and O–H groups in total. The smallest absolute Gasteiger partial charge is 0.320 e. The Morgan fingerprint density at radius 1 is 0.838 bits per heavy atom. The molecule has 1 fully saturated rings. The quantitative estimate of drug-likeness (QED) is 0.321. The Morgan fingerprint density at radius 2 is 1.38 bits per heavy atom. The lowest BCUT2D eigenvalue weighted by atomic mass is 10.1. The maximum atomic E-state index is 12.5.